The van der Waals surface area contributed by atoms with E-state index in [2.05, 4.69) is 16.5 Å². The Morgan fingerprint density at radius 2 is 2.25 bits per heavy atom. The van der Waals surface area contributed by atoms with Crippen molar-refractivity contribution in [2.24, 2.45) is 18.7 Å². The van der Waals surface area contributed by atoms with Gasteiger partial charge in [-0.25, -0.2) is 4.98 Å². The molecule has 0 radical (unpaired) electrons. The molecule has 86 valence electrons. The number of aryl methyl sites for hydroxylation is 1. The molecule has 0 saturated carbocycles. The van der Waals surface area contributed by atoms with Gasteiger partial charge >= 0.3 is 0 Å². The van der Waals surface area contributed by atoms with Crippen molar-refractivity contribution in [1.29, 1.82) is 0 Å². The summed E-state index contributed by atoms with van der Waals surface area (Å²) in [5.41, 5.74) is 7.70. The lowest BCUT2D eigenvalue weighted by Crippen LogP contribution is -2.15. The van der Waals surface area contributed by atoms with E-state index in [-0.39, 0.29) is 0 Å². The predicted molar refractivity (Wildman–Crippen MR) is 67.6 cm³/mol. The molecular formula is C12H16ClN3. The third-order valence-electron chi connectivity index (χ3n) is 2.87. The Labute approximate surface area is 100 Å². The molecule has 0 aliphatic heterocycles. The van der Waals surface area contributed by atoms with Crippen LogP contribution in [-0.2, 0) is 13.5 Å². The summed E-state index contributed by atoms with van der Waals surface area (Å²) >= 11 is 5.94. The van der Waals surface area contributed by atoms with Crippen molar-refractivity contribution in [1.82, 2.24) is 9.55 Å². The van der Waals surface area contributed by atoms with E-state index in [0.717, 1.165) is 28.3 Å². The number of imidazole rings is 1. The molecule has 0 spiro atoms. The highest BCUT2D eigenvalue weighted by atomic mass is 35.5. The minimum absolute atomic E-state index is 0.450. The van der Waals surface area contributed by atoms with E-state index in [0.29, 0.717) is 12.5 Å². The van der Waals surface area contributed by atoms with Crippen LogP contribution in [0.5, 0.6) is 0 Å². The highest BCUT2D eigenvalue weighted by Gasteiger charge is 2.10. The van der Waals surface area contributed by atoms with E-state index in [4.69, 9.17) is 17.3 Å². The summed E-state index contributed by atoms with van der Waals surface area (Å²) in [6.45, 7) is 2.82. The fraction of sp³-hybridized carbons (Fsp3) is 0.417. The Morgan fingerprint density at radius 3 is 2.94 bits per heavy atom. The van der Waals surface area contributed by atoms with Crippen molar-refractivity contribution in [2.75, 3.05) is 6.54 Å². The van der Waals surface area contributed by atoms with Crippen LogP contribution < -0.4 is 5.73 Å². The minimum Gasteiger partial charge on any atom is -0.331 e. The second-order valence-corrected chi connectivity index (χ2v) is 4.70. The lowest BCUT2D eigenvalue weighted by Gasteiger charge is -2.07. The minimum atomic E-state index is 0.450. The van der Waals surface area contributed by atoms with Crippen LogP contribution in [-0.4, -0.2) is 16.1 Å². The Hall–Kier alpha value is -1.06. The summed E-state index contributed by atoms with van der Waals surface area (Å²) in [5.74, 6) is 1.52. The lowest BCUT2D eigenvalue weighted by atomic mass is 10.1. The maximum Gasteiger partial charge on any atom is 0.109 e. The Bertz CT molecular complexity index is 504. The van der Waals surface area contributed by atoms with Gasteiger partial charge in [-0.1, -0.05) is 18.5 Å². The third kappa shape index (κ3) is 2.06. The first-order chi connectivity index (χ1) is 7.61. The molecule has 16 heavy (non-hydrogen) atoms. The van der Waals surface area contributed by atoms with Crippen LogP contribution in [0.15, 0.2) is 18.2 Å². The van der Waals surface area contributed by atoms with Gasteiger partial charge in [0.05, 0.1) is 11.0 Å². The van der Waals surface area contributed by atoms with E-state index in [1.807, 2.05) is 25.2 Å². The Balaban J connectivity index is 2.43. The first-order valence-corrected chi connectivity index (χ1v) is 5.80. The van der Waals surface area contributed by atoms with Crippen LogP contribution >= 0.6 is 11.6 Å². The molecule has 0 fully saturated rings. The number of rotatable bonds is 3. The summed E-state index contributed by atoms with van der Waals surface area (Å²) in [6.07, 6.45) is 0.902. The number of aromatic nitrogens is 2. The average molecular weight is 238 g/mol. The average Bonchev–Trinajstić information content (AvgIpc) is 2.55. The van der Waals surface area contributed by atoms with E-state index in [1.54, 1.807) is 0 Å². The van der Waals surface area contributed by atoms with Crippen molar-refractivity contribution in [3.63, 3.8) is 0 Å². The smallest absolute Gasteiger partial charge is 0.109 e. The highest BCUT2D eigenvalue weighted by Crippen LogP contribution is 2.20. The van der Waals surface area contributed by atoms with Crippen LogP contribution in [0.2, 0.25) is 5.02 Å². The normalized spacial score (nSPS) is 13.2. The fourth-order valence-electron chi connectivity index (χ4n) is 1.80. The van der Waals surface area contributed by atoms with Gasteiger partial charge in [-0.3, -0.25) is 0 Å². The van der Waals surface area contributed by atoms with Gasteiger partial charge in [0.15, 0.2) is 0 Å². The number of hydrogen-bond donors (Lipinski definition) is 1. The van der Waals surface area contributed by atoms with Gasteiger partial charge in [-0.05, 0) is 30.7 Å². The zero-order valence-electron chi connectivity index (χ0n) is 9.57. The second-order valence-electron chi connectivity index (χ2n) is 4.27. The summed E-state index contributed by atoms with van der Waals surface area (Å²) in [5, 5.41) is 0.726. The summed E-state index contributed by atoms with van der Waals surface area (Å²) in [6, 6.07) is 5.79. The molecular weight excluding hydrogens is 222 g/mol. The summed E-state index contributed by atoms with van der Waals surface area (Å²) in [4.78, 5) is 4.58. The molecule has 0 amide bonds. The molecule has 0 aliphatic carbocycles. The molecule has 4 heteroatoms. The number of nitrogens with two attached hydrogens (primary N) is 1. The third-order valence-corrected chi connectivity index (χ3v) is 3.10. The lowest BCUT2D eigenvalue weighted by molar-refractivity contribution is 0.563. The molecule has 1 atom stereocenters. The van der Waals surface area contributed by atoms with Gasteiger partial charge in [-0.15, -0.1) is 0 Å². The molecule has 1 unspecified atom stereocenters. The SMILES string of the molecule is CC(CN)Cc1nc2cc(Cl)ccc2n1C. The van der Waals surface area contributed by atoms with E-state index in [9.17, 15) is 0 Å². The molecule has 0 aliphatic rings. The van der Waals surface area contributed by atoms with Crippen molar-refractivity contribution in [3.05, 3.63) is 29.0 Å². The molecule has 1 aromatic carbocycles. The van der Waals surface area contributed by atoms with Gasteiger partial charge in [-0.2, -0.15) is 0 Å². The van der Waals surface area contributed by atoms with Gasteiger partial charge < -0.3 is 10.3 Å². The molecule has 2 aromatic rings. The molecule has 1 aromatic heterocycles. The highest BCUT2D eigenvalue weighted by molar-refractivity contribution is 6.31. The molecule has 1 heterocycles. The Kier molecular flexibility index (Phi) is 3.17. The number of nitrogens with zero attached hydrogens (tertiary/aromatic N) is 2. The molecule has 0 bridgehead atoms. The maximum atomic E-state index is 5.94. The zero-order chi connectivity index (χ0) is 11.7. The predicted octanol–water partition coefficient (Wildman–Crippen LogP) is 2.36. The van der Waals surface area contributed by atoms with Gasteiger partial charge in [0, 0.05) is 18.5 Å². The van der Waals surface area contributed by atoms with E-state index >= 15 is 0 Å². The van der Waals surface area contributed by atoms with E-state index in [1.165, 1.54) is 0 Å². The molecule has 2 rings (SSSR count). The van der Waals surface area contributed by atoms with Crippen LogP contribution in [0.4, 0.5) is 0 Å². The fourth-order valence-corrected chi connectivity index (χ4v) is 1.97. The maximum absolute atomic E-state index is 5.94. The molecule has 2 N–H and O–H groups in total. The van der Waals surface area contributed by atoms with Crippen LogP contribution in [0.25, 0.3) is 11.0 Å². The summed E-state index contributed by atoms with van der Waals surface area (Å²) < 4.78 is 2.11. The largest absolute Gasteiger partial charge is 0.331 e. The molecule has 0 saturated heterocycles. The number of halogens is 1. The Morgan fingerprint density at radius 1 is 1.50 bits per heavy atom. The topological polar surface area (TPSA) is 43.8 Å². The van der Waals surface area contributed by atoms with Gasteiger partial charge in [0.25, 0.3) is 0 Å². The van der Waals surface area contributed by atoms with Crippen LogP contribution in [0.1, 0.15) is 12.7 Å². The van der Waals surface area contributed by atoms with Gasteiger partial charge in [0.2, 0.25) is 0 Å². The van der Waals surface area contributed by atoms with Crippen molar-refractivity contribution in [2.45, 2.75) is 13.3 Å². The first-order valence-electron chi connectivity index (χ1n) is 5.42. The van der Waals surface area contributed by atoms with Crippen molar-refractivity contribution >= 4 is 22.6 Å². The van der Waals surface area contributed by atoms with Crippen LogP contribution in [0, 0.1) is 5.92 Å². The quantitative estimate of drug-likeness (QED) is 0.891. The number of benzene rings is 1. The standard InChI is InChI=1S/C12H16ClN3/c1-8(7-14)5-12-15-10-6-9(13)3-4-11(10)16(12)2/h3-4,6,8H,5,7,14H2,1-2H3. The second kappa shape index (κ2) is 4.44. The molecule has 3 nitrogen and oxygen atoms in total. The number of hydrogen-bond acceptors (Lipinski definition) is 2. The van der Waals surface area contributed by atoms with Crippen molar-refractivity contribution in [3.8, 4) is 0 Å². The number of fused-ring (bicyclic) bond motifs is 1. The van der Waals surface area contributed by atoms with Crippen molar-refractivity contribution < 1.29 is 0 Å². The van der Waals surface area contributed by atoms with E-state index < -0.39 is 0 Å². The summed E-state index contributed by atoms with van der Waals surface area (Å²) in [7, 11) is 2.03. The van der Waals surface area contributed by atoms with Crippen LogP contribution in [0.3, 0.4) is 0 Å². The van der Waals surface area contributed by atoms with Gasteiger partial charge in [0.1, 0.15) is 5.82 Å². The zero-order valence-corrected chi connectivity index (χ0v) is 10.3. The monoisotopic (exact) mass is 237 g/mol. The first kappa shape index (κ1) is 11.4.